The summed E-state index contributed by atoms with van der Waals surface area (Å²) in [5.74, 6) is -0.0891. The van der Waals surface area contributed by atoms with E-state index in [1.165, 1.54) is 122 Å². The third-order valence-electron chi connectivity index (χ3n) is 6.77. The van der Waals surface area contributed by atoms with Crippen LogP contribution in [0.25, 0.3) is 0 Å². The second-order valence-electron chi connectivity index (χ2n) is 10.2. The maximum absolute atomic E-state index is 11.8. The van der Waals surface area contributed by atoms with Gasteiger partial charge < -0.3 is 4.74 Å². The van der Waals surface area contributed by atoms with Crippen molar-refractivity contribution in [2.24, 2.45) is 0 Å². The van der Waals surface area contributed by atoms with Crippen LogP contribution in [-0.4, -0.2) is 11.0 Å². The first-order valence-electron chi connectivity index (χ1n) is 15.0. The third kappa shape index (κ3) is 22.6. The molecule has 1 heterocycles. The van der Waals surface area contributed by atoms with Gasteiger partial charge in [-0.1, -0.05) is 128 Å². The second-order valence-corrected chi connectivity index (χ2v) is 10.2. The van der Waals surface area contributed by atoms with Gasteiger partial charge in [-0.15, -0.1) is 0 Å². The molecule has 0 spiro atoms. The fraction of sp³-hybridized carbons (Fsp3) is 0.750. The predicted octanol–water partition coefficient (Wildman–Crippen LogP) is 10.3. The molecule has 0 aromatic carbocycles. The van der Waals surface area contributed by atoms with Crippen molar-refractivity contribution < 1.29 is 9.53 Å². The third-order valence-corrected chi connectivity index (χ3v) is 6.77. The van der Waals surface area contributed by atoms with Crippen molar-refractivity contribution in [3.8, 4) is 0 Å². The largest absolute Gasteiger partial charge is 0.461 e. The number of nitrogens with zero attached hydrogens (tertiary/aromatic N) is 1. The number of pyridine rings is 1. The lowest BCUT2D eigenvalue weighted by Crippen LogP contribution is -2.04. The zero-order valence-corrected chi connectivity index (χ0v) is 23.0. The number of aromatic nitrogens is 1. The second kappa shape index (κ2) is 25.5. The zero-order valence-electron chi connectivity index (χ0n) is 23.0. The molecule has 1 aromatic heterocycles. The molecule has 3 nitrogen and oxygen atoms in total. The van der Waals surface area contributed by atoms with Crippen molar-refractivity contribution in [2.45, 2.75) is 155 Å². The Labute approximate surface area is 217 Å². The van der Waals surface area contributed by atoms with Gasteiger partial charge >= 0.3 is 5.97 Å². The molecule has 0 aliphatic carbocycles. The van der Waals surface area contributed by atoms with Crippen LogP contribution in [0.15, 0.2) is 36.7 Å². The molecule has 0 aliphatic heterocycles. The van der Waals surface area contributed by atoms with Gasteiger partial charge in [0.2, 0.25) is 0 Å². The average molecular weight is 486 g/mol. The Balaban J connectivity index is 1.71. The molecule has 3 heteroatoms. The summed E-state index contributed by atoms with van der Waals surface area (Å²) in [5, 5.41) is 0. The van der Waals surface area contributed by atoms with E-state index in [0.29, 0.717) is 13.0 Å². The molecular formula is C32H55NO2. The smallest absolute Gasteiger partial charge is 0.306 e. The fourth-order valence-electron chi connectivity index (χ4n) is 4.47. The molecule has 0 radical (unpaired) electrons. The van der Waals surface area contributed by atoms with Gasteiger partial charge in [0.1, 0.15) is 6.61 Å². The maximum Gasteiger partial charge on any atom is 0.306 e. The quantitative estimate of drug-likeness (QED) is 0.0785. The fourth-order valence-corrected chi connectivity index (χ4v) is 4.47. The standard InChI is InChI=1S/C32H55NO2/c1-2-3-4-5-6-7-8-9-10-11-12-13-14-15-16-17-18-19-20-21-22-23-24-27-32(34)35-30-31-26-25-28-33-29-31/h9-10,25-26,28-29H,2-8,11-24,27,30H2,1H3/b10-9-. The number of esters is 1. The monoisotopic (exact) mass is 485 g/mol. The van der Waals surface area contributed by atoms with Crippen molar-refractivity contribution in [2.75, 3.05) is 0 Å². The van der Waals surface area contributed by atoms with Gasteiger partial charge in [-0.2, -0.15) is 0 Å². The van der Waals surface area contributed by atoms with E-state index in [-0.39, 0.29) is 5.97 Å². The Bertz CT molecular complexity index is 599. The van der Waals surface area contributed by atoms with Crippen molar-refractivity contribution in [1.82, 2.24) is 4.98 Å². The van der Waals surface area contributed by atoms with Crippen molar-refractivity contribution in [3.05, 3.63) is 42.2 Å². The van der Waals surface area contributed by atoms with Gasteiger partial charge in [-0.05, 0) is 38.2 Å². The molecule has 1 rings (SSSR count). The van der Waals surface area contributed by atoms with Crippen LogP contribution in [0.3, 0.4) is 0 Å². The first-order chi connectivity index (χ1) is 17.3. The Morgan fingerprint density at radius 1 is 0.714 bits per heavy atom. The highest BCUT2D eigenvalue weighted by Gasteiger charge is 2.03. The lowest BCUT2D eigenvalue weighted by Gasteiger charge is -2.05. The van der Waals surface area contributed by atoms with Gasteiger partial charge in [0.15, 0.2) is 0 Å². The molecule has 0 atom stereocenters. The summed E-state index contributed by atoms with van der Waals surface area (Å²) in [6, 6.07) is 3.79. The van der Waals surface area contributed by atoms with Gasteiger partial charge in [-0.25, -0.2) is 0 Å². The van der Waals surface area contributed by atoms with Gasteiger partial charge in [0, 0.05) is 24.4 Å². The minimum Gasteiger partial charge on any atom is -0.461 e. The van der Waals surface area contributed by atoms with Crippen LogP contribution >= 0.6 is 0 Å². The van der Waals surface area contributed by atoms with E-state index in [0.717, 1.165) is 18.4 Å². The lowest BCUT2D eigenvalue weighted by atomic mass is 10.0. The van der Waals surface area contributed by atoms with E-state index in [2.05, 4.69) is 24.1 Å². The van der Waals surface area contributed by atoms with Crippen LogP contribution in [0.5, 0.6) is 0 Å². The molecule has 0 saturated carbocycles. The van der Waals surface area contributed by atoms with Crippen LogP contribution in [0.1, 0.15) is 154 Å². The Kier molecular flexibility index (Phi) is 22.8. The van der Waals surface area contributed by atoms with E-state index < -0.39 is 0 Å². The average Bonchev–Trinajstić information content (AvgIpc) is 2.88. The first kappa shape index (κ1) is 31.4. The van der Waals surface area contributed by atoms with Crippen LogP contribution < -0.4 is 0 Å². The van der Waals surface area contributed by atoms with Crippen molar-refractivity contribution in [1.29, 1.82) is 0 Å². The number of hydrogen-bond donors (Lipinski definition) is 0. The molecular weight excluding hydrogens is 430 g/mol. The molecule has 0 saturated heterocycles. The summed E-state index contributed by atoms with van der Waals surface area (Å²) in [5.41, 5.74) is 0.947. The molecule has 0 bridgehead atoms. The number of carbonyl (C=O) groups is 1. The minimum absolute atomic E-state index is 0.0891. The van der Waals surface area contributed by atoms with E-state index >= 15 is 0 Å². The summed E-state index contributed by atoms with van der Waals surface area (Å²) in [7, 11) is 0. The summed E-state index contributed by atoms with van der Waals surface area (Å²) >= 11 is 0. The minimum atomic E-state index is -0.0891. The predicted molar refractivity (Wildman–Crippen MR) is 150 cm³/mol. The molecule has 35 heavy (non-hydrogen) atoms. The Morgan fingerprint density at radius 2 is 1.20 bits per heavy atom. The molecule has 1 aromatic rings. The number of unbranched alkanes of at least 4 members (excludes halogenated alkanes) is 19. The van der Waals surface area contributed by atoms with Crippen molar-refractivity contribution in [3.63, 3.8) is 0 Å². The summed E-state index contributed by atoms with van der Waals surface area (Å²) in [4.78, 5) is 15.8. The maximum atomic E-state index is 11.8. The highest BCUT2D eigenvalue weighted by molar-refractivity contribution is 5.69. The number of ether oxygens (including phenoxy) is 1. The molecule has 0 N–H and O–H groups in total. The zero-order chi connectivity index (χ0) is 25.1. The first-order valence-corrected chi connectivity index (χ1v) is 15.0. The Morgan fingerprint density at radius 3 is 1.69 bits per heavy atom. The number of allylic oxidation sites excluding steroid dienone is 2. The summed E-state index contributed by atoms with van der Waals surface area (Å²) in [6.45, 7) is 2.62. The van der Waals surface area contributed by atoms with E-state index in [9.17, 15) is 4.79 Å². The Hall–Kier alpha value is -1.64. The van der Waals surface area contributed by atoms with Crippen LogP contribution in [0, 0.1) is 0 Å². The molecule has 0 amide bonds. The van der Waals surface area contributed by atoms with E-state index in [4.69, 9.17) is 4.74 Å². The molecule has 0 unspecified atom stereocenters. The van der Waals surface area contributed by atoms with Gasteiger partial charge in [-0.3, -0.25) is 9.78 Å². The topological polar surface area (TPSA) is 39.2 Å². The summed E-state index contributed by atoms with van der Waals surface area (Å²) < 4.78 is 5.30. The molecule has 0 aliphatic rings. The number of rotatable bonds is 25. The highest BCUT2D eigenvalue weighted by atomic mass is 16.5. The van der Waals surface area contributed by atoms with E-state index in [1.807, 2.05) is 12.1 Å². The van der Waals surface area contributed by atoms with Crippen LogP contribution in [-0.2, 0) is 16.1 Å². The highest BCUT2D eigenvalue weighted by Crippen LogP contribution is 2.14. The van der Waals surface area contributed by atoms with Gasteiger partial charge in [0.05, 0.1) is 0 Å². The number of carbonyl (C=O) groups excluding carboxylic acids is 1. The van der Waals surface area contributed by atoms with Crippen LogP contribution in [0.2, 0.25) is 0 Å². The van der Waals surface area contributed by atoms with Gasteiger partial charge in [0.25, 0.3) is 0 Å². The normalized spacial score (nSPS) is 11.3. The molecule has 0 fully saturated rings. The SMILES string of the molecule is CCCCCCCC/C=C\CCCCCCCCCCCCCCCC(=O)OCc1cccnc1. The van der Waals surface area contributed by atoms with Crippen molar-refractivity contribution >= 4 is 5.97 Å². The molecule has 200 valence electrons. The number of hydrogen-bond acceptors (Lipinski definition) is 3. The lowest BCUT2D eigenvalue weighted by molar-refractivity contribution is -0.145. The van der Waals surface area contributed by atoms with Crippen LogP contribution in [0.4, 0.5) is 0 Å². The summed E-state index contributed by atoms with van der Waals surface area (Å²) in [6.07, 6.45) is 36.9. The van der Waals surface area contributed by atoms with E-state index in [1.54, 1.807) is 12.4 Å².